The molecular weight excluding hydrogens is 254 g/mol. The van der Waals surface area contributed by atoms with Crippen molar-refractivity contribution in [2.45, 2.75) is 66.2 Å². The summed E-state index contributed by atoms with van der Waals surface area (Å²) in [5.74, 6) is 1.78. The molecule has 1 aromatic rings. The summed E-state index contributed by atoms with van der Waals surface area (Å²) in [6.45, 7) is 13.5. The fraction of sp³-hybridized carbons (Fsp3) is 0.867. The summed E-state index contributed by atoms with van der Waals surface area (Å²) in [7, 11) is 0. The fourth-order valence-corrected chi connectivity index (χ4v) is 2.86. The molecule has 2 rings (SSSR count). The molecular formula is C15H27N3O2. The SMILES string of the molecule is CCOC1CC(NC(c2nc(C)no2)C(C)C)C1(C)C. The van der Waals surface area contributed by atoms with Gasteiger partial charge in [-0.2, -0.15) is 4.98 Å². The Morgan fingerprint density at radius 3 is 2.60 bits per heavy atom. The van der Waals surface area contributed by atoms with E-state index in [1.165, 1.54) is 0 Å². The average molecular weight is 281 g/mol. The van der Waals surface area contributed by atoms with Crippen molar-refractivity contribution in [1.29, 1.82) is 0 Å². The van der Waals surface area contributed by atoms with E-state index in [1.807, 2.05) is 6.92 Å². The first kappa shape index (κ1) is 15.4. The summed E-state index contributed by atoms with van der Waals surface area (Å²) in [5.41, 5.74) is 0.137. The van der Waals surface area contributed by atoms with E-state index in [2.05, 4.69) is 50.1 Å². The third-order valence-corrected chi connectivity index (χ3v) is 4.40. The Hall–Kier alpha value is -0.940. The van der Waals surface area contributed by atoms with Gasteiger partial charge >= 0.3 is 0 Å². The van der Waals surface area contributed by atoms with Crippen LogP contribution >= 0.6 is 0 Å². The Morgan fingerprint density at radius 2 is 2.15 bits per heavy atom. The van der Waals surface area contributed by atoms with Crippen molar-refractivity contribution in [3.63, 3.8) is 0 Å². The number of ether oxygens (including phenoxy) is 1. The molecule has 3 unspecified atom stereocenters. The summed E-state index contributed by atoms with van der Waals surface area (Å²) in [5, 5.41) is 7.59. The third kappa shape index (κ3) is 2.88. The zero-order valence-corrected chi connectivity index (χ0v) is 13.4. The molecule has 20 heavy (non-hydrogen) atoms. The predicted molar refractivity (Wildman–Crippen MR) is 77.3 cm³/mol. The quantitative estimate of drug-likeness (QED) is 0.868. The lowest BCUT2D eigenvalue weighted by Crippen LogP contribution is -2.61. The highest BCUT2D eigenvalue weighted by atomic mass is 16.5. The van der Waals surface area contributed by atoms with Crippen LogP contribution in [-0.4, -0.2) is 28.9 Å². The summed E-state index contributed by atoms with van der Waals surface area (Å²) in [4.78, 5) is 4.38. The summed E-state index contributed by atoms with van der Waals surface area (Å²) < 4.78 is 11.1. The second-order valence-electron chi connectivity index (χ2n) is 6.62. The van der Waals surface area contributed by atoms with Crippen molar-refractivity contribution in [1.82, 2.24) is 15.5 Å². The molecule has 3 atom stereocenters. The molecule has 1 N–H and O–H groups in total. The Labute approximate surface area is 121 Å². The molecule has 1 heterocycles. The molecule has 0 radical (unpaired) electrons. The molecule has 0 bridgehead atoms. The van der Waals surface area contributed by atoms with Gasteiger partial charge in [0.1, 0.15) is 0 Å². The zero-order valence-electron chi connectivity index (χ0n) is 13.4. The molecule has 0 spiro atoms. The van der Waals surface area contributed by atoms with Gasteiger partial charge < -0.3 is 14.6 Å². The number of rotatable bonds is 6. The lowest BCUT2D eigenvalue weighted by atomic mass is 9.64. The molecule has 1 saturated carbocycles. The van der Waals surface area contributed by atoms with Crippen LogP contribution in [0.1, 0.15) is 58.8 Å². The van der Waals surface area contributed by atoms with Gasteiger partial charge in [-0.15, -0.1) is 0 Å². The van der Waals surface area contributed by atoms with Crippen LogP contribution in [0, 0.1) is 18.3 Å². The van der Waals surface area contributed by atoms with E-state index in [1.54, 1.807) is 0 Å². The zero-order chi connectivity index (χ0) is 14.9. The van der Waals surface area contributed by atoms with Crippen LogP contribution in [0.25, 0.3) is 0 Å². The molecule has 5 nitrogen and oxygen atoms in total. The Morgan fingerprint density at radius 1 is 1.45 bits per heavy atom. The Balaban J connectivity index is 2.04. The van der Waals surface area contributed by atoms with E-state index in [9.17, 15) is 0 Å². The number of aryl methyl sites for hydroxylation is 1. The summed E-state index contributed by atoms with van der Waals surface area (Å²) in [6.07, 6.45) is 1.37. The number of aromatic nitrogens is 2. The number of hydrogen-bond donors (Lipinski definition) is 1. The van der Waals surface area contributed by atoms with Crippen LogP contribution in [0.5, 0.6) is 0 Å². The first-order valence-electron chi connectivity index (χ1n) is 7.54. The van der Waals surface area contributed by atoms with Gasteiger partial charge in [0, 0.05) is 18.1 Å². The van der Waals surface area contributed by atoms with E-state index in [0.29, 0.717) is 29.8 Å². The molecule has 1 aliphatic carbocycles. The molecule has 5 heteroatoms. The maximum absolute atomic E-state index is 5.78. The van der Waals surface area contributed by atoms with Crippen LogP contribution in [-0.2, 0) is 4.74 Å². The first-order valence-corrected chi connectivity index (χ1v) is 7.54. The molecule has 0 amide bonds. The van der Waals surface area contributed by atoms with Gasteiger partial charge in [0.15, 0.2) is 5.82 Å². The molecule has 1 fully saturated rings. The van der Waals surface area contributed by atoms with Gasteiger partial charge in [-0.1, -0.05) is 32.9 Å². The third-order valence-electron chi connectivity index (χ3n) is 4.40. The number of nitrogens with one attached hydrogen (secondary N) is 1. The van der Waals surface area contributed by atoms with Crippen molar-refractivity contribution in [3.8, 4) is 0 Å². The Bertz CT molecular complexity index is 442. The van der Waals surface area contributed by atoms with Crippen LogP contribution in [0.3, 0.4) is 0 Å². The monoisotopic (exact) mass is 281 g/mol. The van der Waals surface area contributed by atoms with Crippen molar-refractivity contribution < 1.29 is 9.26 Å². The summed E-state index contributed by atoms with van der Waals surface area (Å²) in [6, 6.07) is 0.515. The van der Waals surface area contributed by atoms with Crippen LogP contribution in [0.4, 0.5) is 0 Å². The van der Waals surface area contributed by atoms with Gasteiger partial charge in [-0.3, -0.25) is 0 Å². The second-order valence-corrected chi connectivity index (χ2v) is 6.62. The van der Waals surface area contributed by atoms with E-state index in [0.717, 1.165) is 13.0 Å². The largest absolute Gasteiger partial charge is 0.378 e. The van der Waals surface area contributed by atoms with Crippen molar-refractivity contribution in [2.75, 3.05) is 6.61 Å². The lowest BCUT2D eigenvalue weighted by Gasteiger charge is -2.53. The van der Waals surface area contributed by atoms with Crippen LogP contribution < -0.4 is 5.32 Å². The minimum Gasteiger partial charge on any atom is -0.378 e. The van der Waals surface area contributed by atoms with Gasteiger partial charge in [0.25, 0.3) is 0 Å². The van der Waals surface area contributed by atoms with E-state index in [4.69, 9.17) is 9.26 Å². The minimum absolute atomic E-state index is 0.100. The molecule has 0 aromatic carbocycles. The van der Waals surface area contributed by atoms with E-state index in [-0.39, 0.29) is 11.5 Å². The standard InChI is InChI=1S/C15H27N3O2/c1-7-19-12-8-11(15(12,5)6)17-13(9(2)3)14-16-10(4)18-20-14/h9,11-13,17H,7-8H2,1-6H3. The van der Waals surface area contributed by atoms with E-state index < -0.39 is 0 Å². The first-order chi connectivity index (χ1) is 9.36. The van der Waals surface area contributed by atoms with Gasteiger partial charge in [0.2, 0.25) is 5.89 Å². The van der Waals surface area contributed by atoms with Crippen molar-refractivity contribution >= 4 is 0 Å². The van der Waals surface area contributed by atoms with Gasteiger partial charge in [-0.05, 0) is 26.2 Å². The average Bonchev–Trinajstić information content (AvgIpc) is 2.78. The highest BCUT2D eigenvalue weighted by molar-refractivity contribution is 5.06. The molecule has 0 aliphatic heterocycles. The second kappa shape index (κ2) is 5.82. The topological polar surface area (TPSA) is 60.2 Å². The molecule has 1 aromatic heterocycles. The van der Waals surface area contributed by atoms with Crippen molar-refractivity contribution in [2.24, 2.45) is 11.3 Å². The predicted octanol–water partition coefficient (Wildman–Crippen LogP) is 2.87. The number of hydrogen-bond acceptors (Lipinski definition) is 5. The smallest absolute Gasteiger partial charge is 0.244 e. The highest BCUT2D eigenvalue weighted by Crippen LogP contribution is 2.44. The maximum Gasteiger partial charge on any atom is 0.244 e. The van der Waals surface area contributed by atoms with Gasteiger partial charge in [0.05, 0.1) is 12.1 Å². The molecule has 1 aliphatic rings. The van der Waals surface area contributed by atoms with Crippen molar-refractivity contribution in [3.05, 3.63) is 11.7 Å². The van der Waals surface area contributed by atoms with Gasteiger partial charge in [-0.25, -0.2) is 0 Å². The highest BCUT2D eigenvalue weighted by Gasteiger charge is 2.49. The van der Waals surface area contributed by atoms with Crippen LogP contribution in [0.2, 0.25) is 0 Å². The molecule has 114 valence electrons. The maximum atomic E-state index is 5.78. The normalized spacial score (nSPS) is 26.6. The lowest BCUT2D eigenvalue weighted by molar-refractivity contribution is -0.118. The summed E-state index contributed by atoms with van der Waals surface area (Å²) >= 11 is 0. The molecule has 0 saturated heterocycles. The Kier molecular flexibility index (Phi) is 4.49. The fourth-order valence-electron chi connectivity index (χ4n) is 2.86. The van der Waals surface area contributed by atoms with Crippen LogP contribution in [0.15, 0.2) is 4.52 Å². The number of nitrogens with zero attached hydrogens (tertiary/aromatic N) is 2. The minimum atomic E-state index is 0.100. The van der Waals surface area contributed by atoms with E-state index >= 15 is 0 Å².